The van der Waals surface area contributed by atoms with Crippen LogP contribution in [0.4, 0.5) is 5.69 Å². The van der Waals surface area contributed by atoms with Gasteiger partial charge in [0.15, 0.2) is 0 Å². The van der Waals surface area contributed by atoms with Gasteiger partial charge in [-0.15, -0.1) is 11.8 Å². The van der Waals surface area contributed by atoms with Crippen molar-refractivity contribution in [3.05, 3.63) is 90.0 Å². The van der Waals surface area contributed by atoms with E-state index in [0.29, 0.717) is 29.2 Å². The summed E-state index contributed by atoms with van der Waals surface area (Å²) in [6, 6.07) is 23.4. The van der Waals surface area contributed by atoms with Gasteiger partial charge < -0.3 is 14.8 Å². The molecule has 6 heteroatoms. The number of thioether (sulfide) groups is 1. The first-order valence-corrected chi connectivity index (χ1v) is 11.1. The van der Waals surface area contributed by atoms with Gasteiger partial charge >= 0.3 is 5.97 Å². The first-order chi connectivity index (χ1) is 15.1. The molecule has 3 aromatic rings. The summed E-state index contributed by atoms with van der Waals surface area (Å²) in [6.07, 6.45) is -1.11. The van der Waals surface area contributed by atoms with Crippen LogP contribution in [0.25, 0.3) is 0 Å². The van der Waals surface area contributed by atoms with Crippen molar-refractivity contribution in [1.82, 2.24) is 0 Å². The molecule has 0 heterocycles. The third kappa shape index (κ3) is 5.89. The summed E-state index contributed by atoms with van der Waals surface area (Å²) in [4.78, 5) is 27.0. The third-order valence-corrected chi connectivity index (χ3v) is 5.37. The van der Waals surface area contributed by atoms with E-state index in [1.54, 1.807) is 66.4 Å². The minimum Gasteiger partial charge on any atom is -0.492 e. The zero-order chi connectivity index (χ0) is 22.1. The molecule has 1 atom stereocenters. The van der Waals surface area contributed by atoms with E-state index in [-0.39, 0.29) is 0 Å². The molecular weight excluding hydrogens is 410 g/mol. The van der Waals surface area contributed by atoms with E-state index in [9.17, 15) is 9.59 Å². The van der Waals surface area contributed by atoms with Crippen molar-refractivity contribution in [1.29, 1.82) is 0 Å². The van der Waals surface area contributed by atoms with E-state index in [1.807, 2.05) is 38.1 Å². The van der Waals surface area contributed by atoms with Crippen LogP contribution >= 0.6 is 11.8 Å². The van der Waals surface area contributed by atoms with Crippen LogP contribution < -0.4 is 10.1 Å². The summed E-state index contributed by atoms with van der Waals surface area (Å²) in [6.45, 7) is 4.36. The first kappa shape index (κ1) is 22.4. The van der Waals surface area contributed by atoms with Gasteiger partial charge in [-0.2, -0.15) is 0 Å². The van der Waals surface area contributed by atoms with Crippen molar-refractivity contribution < 1.29 is 19.1 Å². The van der Waals surface area contributed by atoms with Crippen LogP contribution in [0.2, 0.25) is 0 Å². The molecule has 0 fully saturated rings. The summed E-state index contributed by atoms with van der Waals surface area (Å²) < 4.78 is 11.3. The Balaban J connectivity index is 1.88. The van der Waals surface area contributed by atoms with Gasteiger partial charge in [0.05, 0.1) is 17.9 Å². The van der Waals surface area contributed by atoms with Gasteiger partial charge in [-0.1, -0.05) is 61.5 Å². The molecule has 0 aliphatic rings. The molecule has 3 aromatic carbocycles. The zero-order valence-corrected chi connectivity index (χ0v) is 18.4. The lowest BCUT2D eigenvalue weighted by atomic mass is 10.1. The summed E-state index contributed by atoms with van der Waals surface area (Å²) in [5.41, 5.74) is 1.55. The fraction of sp³-hybridized carbons (Fsp3) is 0.200. The van der Waals surface area contributed by atoms with Gasteiger partial charge in [0.2, 0.25) is 6.10 Å². The molecule has 0 saturated heterocycles. The van der Waals surface area contributed by atoms with E-state index >= 15 is 0 Å². The molecule has 1 unspecified atom stereocenters. The molecule has 0 bridgehead atoms. The van der Waals surface area contributed by atoms with Crippen molar-refractivity contribution in [2.75, 3.05) is 17.7 Å². The number of carbonyl (C=O) groups is 2. The van der Waals surface area contributed by atoms with E-state index in [2.05, 4.69) is 5.32 Å². The highest BCUT2D eigenvalue weighted by Gasteiger charge is 2.27. The Labute approximate surface area is 186 Å². The Morgan fingerprint density at radius 2 is 1.58 bits per heavy atom. The summed E-state index contributed by atoms with van der Waals surface area (Å²) in [5, 5.41) is 2.84. The molecule has 0 aliphatic heterocycles. The van der Waals surface area contributed by atoms with Gasteiger partial charge in [-0.05, 0) is 36.9 Å². The molecule has 5 nitrogen and oxygen atoms in total. The summed E-state index contributed by atoms with van der Waals surface area (Å²) >= 11 is 1.55. The summed E-state index contributed by atoms with van der Waals surface area (Å²) in [5.74, 6) is 0.383. The predicted octanol–water partition coefficient (Wildman–Crippen LogP) is 5.73. The van der Waals surface area contributed by atoms with Crippen molar-refractivity contribution in [2.45, 2.75) is 24.8 Å². The minimum absolute atomic E-state index is 0.442. The minimum atomic E-state index is -1.11. The number of esters is 1. The molecule has 3 rings (SSSR count). The second-order valence-corrected chi connectivity index (χ2v) is 7.85. The number of benzene rings is 3. The highest BCUT2D eigenvalue weighted by Crippen LogP contribution is 2.29. The monoisotopic (exact) mass is 435 g/mol. The number of nitrogens with one attached hydrogen (secondary N) is 1. The molecule has 0 saturated carbocycles. The van der Waals surface area contributed by atoms with Crippen molar-refractivity contribution in [3.8, 4) is 5.75 Å². The molecular formula is C25H25NO4S. The standard InChI is InChI=1S/C25H25NO4S/c1-3-29-21-16-10-9-15-20(21)26-24(27)23(18-12-6-5-7-13-18)30-25(28)19-14-8-11-17-22(19)31-4-2/h5-17,23H,3-4H2,1-2H3,(H,26,27). The van der Waals surface area contributed by atoms with Crippen LogP contribution in [-0.4, -0.2) is 24.2 Å². The molecule has 160 valence electrons. The number of ether oxygens (including phenoxy) is 2. The van der Waals surface area contributed by atoms with Gasteiger partial charge in [0, 0.05) is 10.5 Å². The normalized spacial score (nSPS) is 11.4. The Morgan fingerprint density at radius 1 is 0.903 bits per heavy atom. The van der Waals surface area contributed by atoms with Crippen molar-refractivity contribution in [3.63, 3.8) is 0 Å². The fourth-order valence-corrected chi connectivity index (χ4v) is 3.83. The molecule has 31 heavy (non-hydrogen) atoms. The van der Waals surface area contributed by atoms with Crippen LogP contribution in [-0.2, 0) is 9.53 Å². The highest BCUT2D eigenvalue weighted by atomic mass is 32.2. The van der Waals surface area contributed by atoms with Crippen LogP contribution in [0, 0.1) is 0 Å². The SMILES string of the molecule is CCOc1ccccc1NC(=O)C(OC(=O)c1ccccc1SCC)c1ccccc1. The Morgan fingerprint density at radius 3 is 2.32 bits per heavy atom. The van der Waals surface area contributed by atoms with E-state index in [0.717, 1.165) is 10.6 Å². The largest absolute Gasteiger partial charge is 0.492 e. The molecule has 0 aromatic heterocycles. The number of amides is 1. The average molecular weight is 436 g/mol. The van der Waals surface area contributed by atoms with Crippen LogP contribution in [0.3, 0.4) is 0 Å². The van der Waals surface area contributed by atoms with Crippen LogP contribution in [0.1, 0.15) is 35.9 Å². The maximum atomic E-state index is 13.2. The predicted molar refractivity (Wildman–Crippen MR) is 124 cm³/mol. The maximum absolute atomic E-state index is 13.2. The van der Waals surface area contributed by atoms with Gasteiger partial charge in [0.1, 0.15) is 5.75 Å². The van der Waals surface area contributed by atoms with Crippen molar-refractivity contribution in [2.24, 2.45) is 0 Å². The second-order valence-electron chi connectivity index (χ2n) is 6.54. The highest BCUT2D eigenvalue weighted by molar-refractivity contribution is 7.99. The summed E-state index contributed by atoms with van der Waals surface area (Å²) in [7, 11) is 0. The fourth-order valence-electron chi connectivity index (χ4n) is 3.04. The van der Waals surface area contributed by atoms with Gasteiger partial charge in [-0.3, -0.25) is 4.79 Å². The molecule has 0 spiro atoms. The van der Waals surface area contributed by atoms with Crippen LogP contribution in [0.15, 0.2) is 83.8 Å². The zero-order valence-electron chi connectivity index (χ0n) is 17.5. The molecule has 1 amide bonds. The number of para-hydroxylation sites is 2. The number of hydrogen-bond acceptors (Lipinski definition) is 5. The number of carbonyl (C=O) groups excluding carboxylic acids is 2. The number of rotatable bonds is 9. The van der Waals surface area contributed by atoms with Gasteiger partial charge in [0.25, 0.3) is 5.91 Å². The lowest BCUT2D eigenvalue weighted by molar-refractivity contribution is -0.125. The lowest BCUT2D eigenvalue weighted by Crippen LogP contribution is -2.26. The molecule has 0 radical (unpaired) electrons. The lowest BCUT2D eigenvalue weighted by Gasteiger charge is -2.20. The number of hydrogen-bond donors (Lipinski definition) is 1. The first-order valence-electron chi connectivity index (χ1n) is 10.1. The van der Waals surface area contributed by atoms with Crippen molar-refractivity contribution >= 4 is 29.3 Å². The number of anilines is 1. The molecule has 1 N–H and O–H groups in total. The second kappa shape index (κ2) is 11.2. The maximum Gasteiger partial charge on any atom is 0.340 e. The van der Waals surface area contributed by atoms with E-state index < -0.39 is 18.0 Å². The molecule has 0 aliphatic carbocycles. The Kier molecular flexibility index (Phi) is 8.12. The third-order valence-electron chi connectivity index (χ3n) is 4.42. The Bertz CT molecular complexity index is 1020. The van der Waals surface area contributed by atoms with E-state index in [1.165, 1.54) is 0 Å². The topological polar surface area (TPSA) is 64.6 Å². The average Bonchev–Trinajstić information content (AvgIpc) is 2.80. The quantitative estimate of drug-likeness (QED) is 0.343. The smallest absolute Gasteiger partial charge is 0.340 e. The van der Waals surface area contributed by atoms with E-state index in [4.69, 9.17) is 9.47 Å². The Hall–Kier alpha value is -3.25. The van der Waals surface area contributed by atoms with Crippen LogP contribution in [0.5, 0.6) is 5.75 Å². The van der Waals surface area contributed by atoms with Gasteiger partial charge in [-0.25, -0.2) is 4.79 Å².